The summed E-state index contributed by atoms with van der Waals surface area (Å²) < 4.78 is 15.3. The third-order valence-corrected chi connectivity index (χ3v) is 7.48. The molecule has 6 nitrogen and oxygen atoms in total. The zero-order valence-electron chi connectivity index (χ0n) is 19.5. The lowest BCUT2D eigenvalue weighted by Crippen LogP contribution is -2.43. The molecule has 0 aliphatic heterocycles. The number of thiophene rings is 1. The molecule has 8 heteroatoms. The highest BCUT2D eigenvalue weighted by atomic mass is 32.1. The van der Waals surface area contributed by atoms with E-state index in [0.29, 0.717) is 4.88 Å². The summed E-state index contributed by atoms with van der Waals surface area (Å²) in [5, 5.41) is 8.63. The average Bonchev–Trinajstić information content (AvgIpc) is 3.59. The van der Waals surface area contributed by atoms with Crippen molar-refractivity contribution in [3.05, 3.63) is 82.6 Å². The highest BCUT2D eigenvalue weighted by molar-refractivity contribution is 7.20. The summed E-state index contributed by atoms with van der Waals surface area (Å²) in [6.07, 6.45) is 4.18. The maximum Gasteiger partial charge on any atom is 0.264 e. The van der Waals surface area contributed by atoms with Crippen molar-refractivity contribution in [1.29, 1.82) is 0 Å². The zero-order valence-corrected chi connectivity index (χ0v) is 20.4. The van der Waals surface area contributed by atoms with Gasteiger partial charge in [-0.15, -0.1) is 11.3 Å². The van der Waals surface area contributed by atoms with E-state index in [1.54, 1.807) is 12.1 Å². The number of benzene rings is 2. The van der Waals surface area contributed by atoms with Gasteiger partial charge in [-0.1, -0.05) is 43.2 Å². The lowest BCUT2D eigenvalue weighted by molar-refractivity contribution is -0.122. The molecule has 2 aromatic carbocycles. The molecule has 0 unspecified atom stereocenters. The number of rotatable bonds is 7. The number of nitrogens with zero attached hydrogens (tertiary/aromatic N) is 3. The lowest BCUT2D eigenvalue weighted by atomic mass is 10.2. The fourth-order valence-electron chi connectivity index (χ4n) is 4.58. The summed E-state index contributed by atoms with van der Waals surface area (Å²) in [7, 11) is 0. The van der Waals surface area contributed by atoms with Gasteiger partial charge in [-0.05, 0) is 55.7 Å². The molecule has 0 atom stereocenters. The van der Waals surface area contributed by atoms with E-state index in [0.717, 1.165) is 52.8 Å². The summed E-state index contributed by atoms with van der Waals surface area (Å²) in [5.41, 5.74) is 2.52. The molecule has 2 amide bonds. The van der Waals surface area contributed by atoms with Gasteiger partial charge in [0.05, 0.1) is 16.3 Å². The number of nitrogens with one attached hydrogen (secondary N) is 1. The minimum absolute atomic E-state index is 0.0508. The Hall–Kier alpha value is -3.52. The molecule has 2 aromatic heterocycles. The van der Waals surface area contributed by atoms with Gasteiger partial charge in [0.2, 0.25) is 5.91 Å². The standard InChI is InChI=1S/C27H27FN4O2S/c1-18-23-15-24(35-27(23)32(30-18)22-9-3-2-4-10-22)26(34)31(16-19-11-13-20(28)14-12-19)17-25(33)29-21-7-5-6-8-21/h2-4,9-15,21H,5-8,16-17H2,1H3,(H,29,33). The highest BCUT2D eigenvalue weighted by Gasteiger charge is 2.25. The van der Waals surface area contributed by atoms with Crippen molar-refractivity contribution < 1.29 is 14.0 Å². The number of para-hydroxylation sites is 1. The van der Waals surface area contributed by atoms with Gasteiger partial charge in [0.25, 0.3) is 5.91 Å². The van der Waals surface area contributed by atoms with Crippen LogP contribution < -0.4 is 5.32 Å². The molecule has 0 spiro atoms. The third-order valence-electron chi connectivity index (χ3n) is 6.38. The second-order valence-electron chi connectivity index (χ2n) is 9.00. The van der Waals surface area contributed by atoms with Gasteiger partial charge in [-0.3, -0.25) is 9.59 Å². The molecule has 35 heavy (non-hydrogen) atoms. The topological polar surface area (TPSA) is 67.2 Å². The van der Waals surface area contributed by atoms with E-state index in [-0.39, 0.29) is 36.8 Å². The molecule has 1 N–H and O–H groups in total. The molecule has 2 heterocycles. The van der Waals surface area contributed by atoms with Crippen LogP contribution in [0.15, 0.2) is 60.7 Å². The largest absolute Gasteiger partial charge is 0.352 e. The van der Waals surface area contributed by atoms with Crippen molar-refractivity contribution in [2.24, 2.45) is 0 Å². The van der Waals surface area contributed by atoms with Crippen molar-refractivity contribution in [1.82, 2.24) is 20.0 Å². The van der Waals surface area contributed by atoms with Gasteiger partial charge in [0, 0.05) is 18.0 Å². The monoisotopic (exact) mass is 490 g/mol. The van der Waals surface area contributed by atoms with Gasteiger partial charge < -0.3 is 10.2 Å². The summed E-state index contributed by atoms with van der Waals surface area (Å²) in [5.74, 6) is -0.729. The maximum atomic E-state index is 13.7. The van der Waals surface area contributed by atoms with E-state index >= 15 is 0 Å². The Morgan fingerprint density at radius 3 is 2.54 bits per heavy atom. The fraction of sp³-hybridized carbons (Fsp3) is 0.296. The molecule has 180 valence electrons. The predicted molar refractivity (Wildman–Crippen MR) is 135 cm³/mol. The molecule has 1 fully saturated rings. The summed E-state index contributed by atoms with van der Waals surface area (Å²) in [6, 6.07) is 17.9. The number of carbonyl (C=O) groups is 2. The fourth-order valence-corrected chi connectivity index (χ4v) is 5.73. The zero-order chi connectivity index (χ0) is 24.4. The van der Waals surface area contributed by atoms with Crippen LogP contribution in [0.25, 0.3) is 15.9 Å². The Bertz CT molecular complexity index is 1340. The van der Waals surface area contributed by atoms with Gasteiger partial charge in [-0.25, -0.2) is 9.07 Å². The molecule has 1 aliphatic rings. The van der Waals surface area contributed by atoms with Crippen molar-refractivity contribution in [3.63, 3.8) is 0 Å². The van der Waals surface area contributed by atoms with Gasteiger partial charge >= 0.3 is 0 Å². The highest BCUT2D eigenvalue weighted by Crippen LogP contribution is 2.31. The molecule has 0 radical (unpaired) electrons. The number of hydrogen-bond acceptors (Lipinski definition) is 4. The SMILES string of the molecule is Cc1nn(-c2ccccc2)c2sc(C(=O)N(CC(=O)NC3CCCC3)Cc3ccc(F)cc3)cc12. The molecular formula is C27H27FN4O2S. The smallest absolute Gasteiger partial charge is 0.264 e. The van der Waals surface area contributed by atoms with Crippen molar-refractivity contribution >= 4 is 33.4 Å². The molecule has 4 aromatic rings. The van der Waals surface area contributed by atoms with Crippen LogP contribution in [0.4, 0.5) is 4.39 Å². The average molecular weight is 491 g/mol. The minimum atomic E-state index is -0.337. The molecule has 1 saturated carbocycles. The second kappa shape index (κ2) is 10.00. The van der Waals surface area contributed by atoms with Crippen molar-refractivity contribution in [3.8, 4) is 5.69 Å². The van der Waals surface area contributed by atoms with E-state index < -0.39 is 0 Å². The normalized spacial score (nSPS) is 13.9. The van der Waals surface area contributed by atoms with E-state index in [9.17, 15) is 14.0 Å². The number of amides is 2. The quantitative estimate of drug-likeness (QED) is 0.386. The lowest BCUT2D eigenvalue weighted by Gasteiger charge is -2.23. The number of hydrogen-bond donors (Lipinski definition) is 1. The Morgan fingerprint density at radius 1 is 1.11 bits per heavy atom. The Kier molecular flexibility index (Phi) is 6.63. The Morgan fingerprint density at radius 2 is 1.83 bits per heavy atom. The van der Waals surface area contributed by atoms with Gasteiger partial charge in [0.15, 0.2) is 0 Å². The number of carbonyl (C=O) groups excluding carboxylic acids is 2. The first-order valence-electron chi connectivity index (χ1n) is 11.9. The van der Waals surface area contributed by atoms with Crippen LogP contribution >= 0.6 is 11.3 Å². The molecule has 0 saturated heterocycles. The molecule has 0 bridgehead atoms. The Balaban J connectivity index is 1.43. The first kappa shape index (κ1) is 23.2. The van der Waals surface area contributed by atoms with Gasteiger partial charge in [-0.2, -0.15) is 5.10 Å². The van der Waals surface area contributed by atoms with Crippen molar-refractivity contribution in [2.75, 3.05) is 6.54 Å². The first-order valence-corrected chi connectivity index (χ1v) is 12.7. The summed E-state index contributed by atoms with van der Waals surface area (Å²) in [6.45, 7) is 2.09. The van der Waals surface area contributed by atoms with Crippen LogP contribution in [-0.4, -0.2) is 39.1 Å². The molecule has 5 rings (SSSR count). The maximum absolute atomic E-state index is 13.7. The van der Waals surface area contributed by atoms with E-state index in [1.807, 2.05) is 48.0 Å². The predicted octanol–water partition coefficient (Wildman–Crippen LogP) is 5.24. The van der Waals surface area contributed by atoms with Crippen LogP contribution in [0.3, 0.4) is 0 Å². The van der Waals surface area contributed by atoms with E-state index in [2.05, 4.69) is 10.4 Å². The number of aryl methyl sites for hydroxylation is 1. The van der Waals surface area contributed by atoms with Crippen molar-refractivity contribution in [2.45, 2.75) is 45.2 Å². The van der Waals surface area contributed by atoms with E-state index in [4.69, 9.17) is 0 Å². The van der Waals surface area contributed by atoms with Crippen LogP contribution in [0.5, 0.6) is 0 Å². The number of halogens is 1. The second-order valence-corrected chi connectivity index (χ2v) is 10.0. The van der Waals surface area contributed by atoms with Crippen LogP contribution in [0, 0.1) is 12.7 Å². The summed E-state index contributed by atoms with van der Waals surface area (Å²) >= 11 is 1.37. The first-order chi connectivity index (χ1) is 17.0. The van der Waals surface area contributed by atoms with Crippen LogP contribution in [-0.2, 0) is 11.3 Å². The number of aromatic nitrogens is 2. The minimum Gasteiger partial charge on any atom is -0.352 e. The summed E-state index contributed by atoms with van der Waals surface area (Å²) in [4.78, 5) is 29.5. The molecule has 1 aliphatic carbocycles. The van der Waals surface area contributed by atoms with Crippen LogP contribution in [0.1, 0.15) is 46.6 Å². The Labute approximate surface area is 207 Å². The molecular weight excluding hydrogens is 463 g/mol. The van der Waals surface area contributed by atoms with Crippen LogP contribution in [0.2, 0.25) is 0 Å². The number of fused-ring (bicyclic) bond motifs is 1. The van der Waals surface area contributed by atoms with E-state index in [1.165, 1.54) is 28.4 Å². The van der Waals surface area contributed by atoms with Gasteiger partial charge in [0.1, 0.15) is 17.2 Å². The third kappa shape index (κ3) is 5.12.